The number of aromatic carboxylic acids is 1. The third-order valence-electron chi connectivity index (χ3n) is 3.53. The summed E-state index contributed by atoms with van der Waals surface area (Å²) in [5, 5.41) is 22.7. The van der Waals surface area contributed by atoms with Gasteiger partial charge in [-0.2, -0.15) is 0 Å². The number of hydrogen-bond acceptors (Lipinski definition) is 6. The van der Waals surface area contributed by atoms with Crippen LogP contribution >= 0.6 is 67.8 Å². The summed E-state index contributed by atoms with van der Waals surface area (Å²) in [6.45, 7) is 4.72. The zero-order valence-corrected chi connectivity index (χ0v) is 23.6. The quantitative estimate of drug-likeness (QED) is 0.255. The molecule has 0 aliphatic carbocycles. The Morgan fingerprint density at radius 2 is 1.38 bits per heavy atom. The maximum absolute atomic E-state index is 12.2. The second kappa shape index (κ2) is 13.1. The van der Waals surface area contributed by atoms with E-state index in [-0.39, 0.29) is 29.7 Å². The van der Waals surface area contributed by atoms with Crippen LogP contribution in [0.1, 0.15) is 41.5 Å². The zero-order chi connectivity index (χ0) is 24.6. The van der Waals surface area contributed by atoms with Crippen molar-refractivity contribution < 1.29 is 34.1 Å². The molecule has 2 aromatic rings. The number of carboxylic acids is 1. The highest BCUT2D eigenvalue weighted by Gasteiger charge is 2.26. The molecule has 9 nitrogen and oxygen atoms in total. The van der Waals surface area contributed by atoms with E-state index in [0.29, 0.717) is 27.6 Å². The molecule has 12 heteroatoms. The van der Waals surface area contributed by atoms with Crippen molar-refractivity contribution in [1.29, 1.82) is 0 Å². The molecule has 0 heterocycles. The maximum Gasteiger partial charge on any atom is 0.340 e. The number of carbonyl (C=O) groups is 4. The van der Waals surface area contributed by atoms with Crippen LogP contribution in [-0.2, 0) is 14.3 Å². The van der Waals surface area contributed by atoms with E-state index in [0.717, 1.165) is 0 Å². The number of carboxylic acid groups (broad SMARTS) is 1. The minimum Gasteiger partial charge on any atom is -0.507 e. The fourth-order valence-electron chi connectivity index (χ4n) is 2.27. The molecule has 0 bridgehead atoms. The molecule has 2 amide bonds. The Morgan fingerprint density at radius 3 is 1.72 bits per heavy atom. The van der Waals surface area contributed by atoms with Crippen molar-refractivity contribution in [1.82, 2.24) is 0 Å². The molecule has 0 saturated heterocycles. The van der Waals surface area contributed by atoms with Gasteiger partial charge in [-0.3, -0.25) is 9.59 Å². The van der Waals surface area contributed by atoms with Crippen LogP contribution in [0.2, 0.25) is 0 Å². The molecule has 0 aromatic heterocycles. The Kier molecular flexibility index (Phi) is 11.6. The molecule has 32 heavy (non-hydrogen) atoms. The number of nitrogens with one attached hydrogen (secondary N) is 2. The molecule has 0 fully saturated rings. The summed E-state index contributed by atoms with van der Waals surface area (Å²) in [5.74, 6) is -2.33. The van der Waals surface area contributed by atoms with Crippen LogP contribution < -0.4 is 10.6 Å². The number of para-hydroxylation sites is 1. The van der Waals surface area contributed by atoms with Crippen LogP contribution in [-0.4, -0.2) is 40.6 Å². The van der Waals surface area contributed by atoms with Crippen molar-refractivity contribution in [3.8, 4) is 5.75 Å². The summed E-state index contributed by atoms with van der Waals surface area (Å²) in [7, 11) is 0. The van der Waals surface area contributed by atoms with Gasteiger partial charge in [-0.15, -0.1) is 0 Å². The van der Waals surface area contributed by atoms with Crippen molar-refractivity contribution in [3.63, 3.8) is 0 Å². The van der Waals surface area contributed by atoms with Crippen LogP contribution in [0.15, 0.2) is 24.3 Å². The van der Waals surface area contributed by atoms with E-state index < -0.39 is 11.9 Å². The van der Waals surface area contributed by atoms with Crippen molar-refractivity contribution in [2.75, 3.05) is 17.2 Å². The lowest BCUT2D eigenvalue weighted by Gasteiger charge is -2.18. The number of aromatic hydroxyl groups is 1. The first kappa shape index (κ1) is 28.3. The highest BCUT2D eigenvalue weighted by atomic mass is 127. The van der Waals surface area contributed by atoms with Gasteiger partial charge in [0.1, 0.15) is 11.3 Å². The van der Waals surface area contributed by atoms with E-state index in [1.165, 1.54) is 26.0 Å². The van der Waals surface area contributed by atoms with Crippen molar-refractivity contribution in [3.05, 3.63) is 46.1 Å². The van der Waals surface area contributed by atoms with Gasteiger partial charge < -0.3 is 25.6 Å². The summed E-state index contributed by atoms with van der Waals surface area (Å²) < 4.78 is 6.89. The van der Waals surface area contributed by atoms with Crippen LogP contribution in [0.5, 0.6) is 5.75 Å². The third-order valence-corrected chi connectivity index (χ3v) is 6.77. The molecule has 0 atom stereocenters. The van der Waals surface area contributed by atoms with Crippen molar-refractivity contribution >= 4 is 103 Å². The molecule has 4 N–H and O–H groups in total. The number of halogens is 3. The molecule has 0 unspecified atom stereocenters. The van der Waals surface area contributed by atoms with Crippen molar-refractivity contribution in [2.24, 2.45) is 0 Å². The normalized spacial score (nSPS) is 9.81. The lowest BCUT2D eigenvalue weighted by molar-refractivity contribution is -0.115. The third kappa shape index (κ3) is 7.72. The molecule has 0 saturated carbocycles. The van der Waals surface area contributed by atoms with Crippen LogP contribution in [0, 0.1) is 10.7 Å². The SMILES string of the molecule is CCOC(=O)c1c(I)c(NC(C)=O)c(I)c(NC(C)=O)c1I.O=C(O)c1ccccc1O. The predicted molar refractivity (Wildman–Crippen MR) is 144 cm³/mol. The first-order chi connectivity index (χ1) is 14.9. The van der Waals surface area contributed by atoms with Gasteiger partial charge in [0.05, 0.1) is 34.3 Å². The second-order valence-corrected chi connectivity index (χ2v) is 9.21. The van der Waals surface area contributed by atoms with E-state index in [1.807, 2.05) is 67.8 Å². The van der Waals surface area contributed by atoms with Crippen LogP contribution in [0.25, 0.3) is 0 Å². The van der Waals surface area contributed by atoms with Gasteiger partial charge in [0.25, 0.3) is 0 Å². The van der Waals surface area contributed by atoms with E-state index in [4.69, 9.17) is 14.9 Å². The molecule has 0 aliphatic rings. The Hall–Kier alpha value is -1.69. The first-order valence-electron chi connectivity index (χ1n) is 8.86. The van der Waals surface area contributed by atoms with Gasteiger partial charge >= 0.3 is 11.9 Å². The van der Waals surface area contributed by atoms with E-state index in [9.17, 15) is 19.2 Å². The molecule has 0 spiro atoms. The predicted octanol–water partition coefficient (Wildman–Crippen LogP) is 4.68. The Bertz CT molecular complexity index is 1010. The number of esters is 1. The zero-order valence-electron chi connectivity index (χ0n) is 17.1. The number of hydrogen-bond donors (Lipinski definition) is 4. The fourth-order valence-corrected chi connectivity index (χ4v) is 6.42. The molecule has 2 aromatic carbocycles. The lowest BCUT2D eigenvalue weighted by Crippen LogP contribution is -2.19. The fraction of sp³-hybridized carbons (Fsp3) is 0.200. The maximum atomic E-state index is 12.2. The summed E-state index contributed by atoms with van der Waals surface area (Å²) in [5.41, 5.74) is 1.24. The van der Waals surface area contributed by atoms with Crippen molar-refractivity contribution in [2.45, 2.75) is 20.8 Å². The average Bonchev–Trinajstić information content (AvgIpc) is 2.69. The van der Waals surface area contributed by atoms with Gasteiger partial charge in [0.15, 0.2) is 0 Å². The van der Waals surface area contributed by atoms with Gasteiger partial charge in [0, 0.05) is 13.8 Å². The molecular weight excluding hydrogens is 761 g/mol. The first-order valence-corrected chi connectivity index (χ1v) is 12.1. The van der Waals surface area contributed by atoms with Gasteiger partial charge in [0.2, 0.25) is 11.8 Å². The standard InChI is InChI=1S/C13H13I3N2O4.C7H6O3/c1-4-22-13(21)7-8(14)11(17-5(2)19)10(16)12(9(7)15)18-6(3)20;8-6-4-2-1-3-5(6)7(9)10/h4H2,1-3H3,(H,17,19)(H,18,20);1-4,8H,(H,9,10). The van der Waals surface area contributed by atoms with E-state index >= 15 is 0 Å². The lowest BCUT2D eigenvalue weighted by atomic mass is 10.1. The Morgan fingerprint density at radius 1 is 0.906 bits per heavy atom. The van der Waals surface area contributed by atoms with Gasteiger partial charge in [-0.25, -0.2) is 9.59 Å². The number of phenols is 1. The number of rotatable bonds is 5. The molecule has 172 valence electrons. The Labute approximate surface area is 225 Å². The van der Waals surface area contributed by atoms with Crippen LogP contribution in [0.4, 0.5) is 11.4 Å². The minimum absolute atomic E-state index is 0.0671. The number of carbonyl (C=O) groups excluding carboxylic acids is 3. The highest BCUT2D eigenvalue weighted by Crippen LogP contribution is 2.39. The minimum atomic E-state index is -1.11. The summed E-state index contributed by atoms with van der Waals surface area (Å²) in [4.78, 5) is 45.3. The molecule has 0 aliphatic heterocycles. The molecule has 2 rings (SSSR count). The van der Waals surface area contributed by atoms with Gasteiger partial charge in [-0.1, -0.05) is 12.1 Å². The monoisotopic (exact) mass is 780 g/mol. The smallest absolute Gasteiger partial charge is 0.340 e. The average molecular weight is 780 g/mol. The summed E-state index contributed by atoms with van der Waals surface area (Å²) in [6, 6.07) is 5.81. The van der Waals surface area contributed by atoms with E-state index in [1.54, 1.807) is 19.1 Å². The number of ether oxygens (including phenoxy) is 1. The number of amides is 2. The topological polar surface area (TPSA) is 142 Å². The highest BCUT2D eigenvalue weighted by molar-refractivity contribution is 14.1. The summed E-state index contributed by atoms with van der Waals surface area (Å²) >= 11 is 6.02. The largest absolute Gasteiger partial charge is 0.507 e. The summed E-state index contributed by atoms with van der Waals surface area (Å²) in [6.07, 6.45) is 0. The van der Waals surface area contributed by atoms with E-state index in [2.05, 4.69) is 10.6 Å². The molecule has 0 radical (unpaired) electrons. The second-order valence-electron chi connectivity index (χ2n) is 5.97. The number of anilines is 2. The molecular formula is C20H19I3N2O7. The van der Waals surface area contributed by atoms with Gasteiger partial charge in [-0.05, 0) is 86.8 Å². The van der Waals surface area contributed by atoms with Crippen LogP contribution in [0.3, 0.4) is 0 Å². The number of benzene rings is 2. The Balaban J connectivity index is 0.000000425.